The van der Waals surface area contributed by atoms with E-state index in [2.05, 4.69) is 15.1 Å². The number of carbonyl (C=O) groups excluding carboxylic acids is 1. The zero-order valence-electron chi connectivity index (χ0n) is 18.2. The molecule has 0 bridgehead atoms. The number of nitrogens with zero attached hydrogens (tertiary/aromatic N) is 6. The summed E-state index contributed by atoms with van der Waals surface area (Å²) < 4.78 is 83.7. The van der Waals surface area contributed by atoms with Gasteiger partial charge in [0.25, 0.3) is 5.91 Å². The molecule has 0 fully saturated rings. The second kappa shape index (κ2) is 7.82. The predicted octanol–water partition coefficient (Wildman–Crippen LogP) is 4.33. The molecule has 1 aliphatic rings. The van der Waals surface area contributed by atoms with E-state index in [1.54, 1.807) is 6.92 Å². The van der Waals surface area contributed by atoms with Gasteiger partial charge in [0.15, 0.2) is 23.1 Å². The molecule has 0 saturated heterocycles. The minimum Gasteiger partial charge on any atom is -0.328 e. The molecular formula is C22H16F6N6O. The van der Waals surface area contributed by atoms with Crippen LogP contribution in [-0.4, -0.2) is 41.5 Å². The monoisotopic (exact) mass is 494 g/mol. The van der Waals surface area contributed by atoms with Crippen molar-refractivity contribution in [1.82, 2.24) is 29.0 Å². The van der Waals surface area contributed by atoms with Crippen LogP contribution in [0.25, 0.3) is 16.8 Å². The van der Waals surface area contributed by atoms with E-state index >= 15 is 0 Å². The van der Waals surface area contributed by atoms with Crippen LogP contribution in [0.5, 0.6) is 0 Å². The zero-order valence-corrected chi connectivity index (χ0v) is 18.2. The Morgan fingerprint density at radius 3 is 2.49 bits per heavy atom. The van der Waals surface area contributed by atoms with E-state index < -0.39 is 47.1 Å². The number of hydrogen-bond donors (Lipinski definition) is 0. The van der Waals surface area contributed by atoms with Crippen LogP contribution in [0.3, 0.4) is 0 Å². The van der Waals surface area contributed by atoms with Gasteiger partial charge in [0.2, 0.25) is 5.82 Å². The van der Waals surface area contributed by atoms with Gasteiger partial charge in [-0.3, -0.25) is 18.9 Å². The lowest BCUT2D eigenvalue weighted by Crippen LogP contribution is -2.39. The van der Waals surface area contributed by atoms with Crippen LogP contribution in [0, 0.1) is 17.5 Å². The van der Waals surface area contributed by atoms with Crippen molar-refractivity contribution in [2.75, 3.05) is 6.54 Å². The van der Waals surface area contributed by atoms with Gasteiger partial charge in [-0.1, -0.05) is 0 Å². The van der Waals surface area contributed by atoms with Crippen molar-refractivity contribution >= 4 is 11.4 Å². The summed E-state index contributed by atoms with van der Waals surface area (Å²) in [5.41, 5.74) is 0.937. The van der Waals surface area contributed by atoms with E-state index in [-0.39, 0.29) is 24.0 Å². The van der Waals surface area contributed by atoms with E-state index in [0.717, 1.165) is 35.1 Å². The number of hydrogen-bond acceptors (Lipinski definition) is 4. The SMILES string of the molecule is C[C@H]1c2nn(C)c(-c3cc(F)c(F)c(F)c3)c2CCN1C(=O)c1nc(C(F)(F)F)n2ccncc12. The van der Waals surface area contributed by atoms with Crippen LogP contribution in [0.4, 0.5) is 26.3 Å². The first-order chi connectivity index (χ1) is 16.5. The molecule has 0 N–H and O–H groups in total. The Labute approximate surface area is 193 Å². The molecule has 0 spiro atoms. The number of fused-ring (bicyclic) bond motifs is 2. The van der Waals surface area contributed by atoms with Gasteiger partial charge in [-0.15, -0.1) is 0 Å². The van der Waals surface area contributed by atoms with Crippen molar-refractivity contribution in [2.24, 2.45) is 7.05 Å². The number of carbonyl (C=O) groups is 1. The molecule has 0 radical (unpaired) electrons. The highest BCUT2D eigenvalue weighted by molar-refractivity contribution is 5.99. The molecule has 0 unspecified atom stereocenters. The lowest BCUT2D eigenvalue weighted by atomic mass is 9.95. The zero-order chi connectivity index (χ0) is 25.2. The third kappa shape index (κ3) is 3.53. The van der Waals surface area contributed by atoms with E-state index in [4.69, 9.17) is 0 Å². The number of amides is 1. The predicted molar refractivity (Wildman–Crippen MR) is 110 cm³/mol. The maximum atomic E-state index is 13.8. The summed E-state index contributed by atoms with van der Waals surface area (Å²) in [6.07, 6.45) is -1.23. The fraction of sp³-hybridized carbons (Fsp3) is 0.273. The Kier molecular flexibility index (Phi) is 5.11. The Bertz CT molecular complexity index is 1470. The van der Waals surface area contributed by atoms with Gasteiger partial charge in [0.05, 0.1) is 29.1 Å². The molecule has 4 aromatic rings. The topological polar surface area (TPSA) is 68.3 Å². The normalized spacial score (nSPS) is 16.1. The maximum absolute atomic E-state index is 13.8. The van der Waals surface area contributed by atoms with Gasteiger partial charge in [0, 0.05) is 37.1 Å². The standard InChI is InChI=1S/C22H16F6N6O/c1-10-17-12(19(32(2)31-17)11-7-13(23)16(25)14(24)8-11)3-5-33(10)20(35)18-15-9-29-4-6-34(15)21(30-18)22(26,27)28/h4,6-10H,3,5H2,1-2H3/t10-/m0/s1. The van der Waals surface area contributed by atoms with Gasteiger partial charge in [-0.05, 0) is 25.5 Å². The van der Waals surface area contributed by atoms with E-state index in [1.807, 2.05) is 0 Å². The number of aryl methyl sites for hydroxylation is 1. The molecular weight excluding hydrogens is 478 g/mol. The van der Waals surface area contributed by atoms with Gasteiger partial charge in [-0.25, -0.2) is 18.2 Å². The fourth-order valence-electron chi connectivity index (χ4n) is 4.51. The Balaban J connectivity index is 1.55. The quantitative estimate of drug-likeness (QED) is 0.308. The van der Waals surface area contributed by atoms with Crippen molar-refractivity contribution in [3.05, 3.63) is 71.0 Å². The third-order valence-corrected chi connectivity index (χ3v) is 6.06. The van der Waals surface area contributed by atoms with Crippen LogP contribution in [0.2, 0.25) is 0 Å². The van der Waals surface area contributed by atoms with Crippen molar-refractivity contribution in [3.8, 4) is 11.3 Å². The number of aromatic nitrogens is 5. The molecule has 1 amide bonds. The van der Waals surface area contributed by atoms with Crippen molar-refractivity contribution in [1.29, 1.82) is 0 Å². The lowest BCUT2D eigenvalue weighted by molar-refractivity contribution is -0.145. The minimum atomic E-state index is -4.79. The molecule has 4 heterocycles. The summed E-state index contributed by atoms with van der Waals surface area (Å²) >= 11 is 0. The number of halogens is 6. The second-order valence-corrected chi connectivity index (χ2v) is 8.13. The summed E-state index contributed by atoms with van der Waals surface area (Å²) in [6.45, 7) is 1.72. The molecule has 0 saturated carbocycles. The average Bonchev–Trinajstić information content (AvgIpc) is 3.35. The molecule has 3 aromatic heterocycles. The van der Waals surface area contributed by atoms with Crippen molar-refractivity contribution < 1.29 is 31.1 Å². The summed E-state index contributed by atoms with van der Waals surface area (Å²) in [4.78, 5) is 22.1. The highest BCUT2D eigenvalue weighted by atomic mass is 19.4. The average molecular weight is 494 g/mol. The van der Waals surface area contributed by atoms with Crippen LogP contribution in [0.1, 0.15) is 40.5 Å². The van der Waals surface area contributed by atoms with Crippen molar-refractivity contribution in [3.63, 3.8) is 0 Å². The first kappa shape index (κ1) is 22.9. The molecule has 35 heavy (non-hydrogen) atoms. The number of imidazole rings is 1. The molecule has 1 atom stereocenters. The molecule has 182 valence electrons. The molecule has 13 heteroatoms. The van der Waals surface area contributed by atoms with Crippen LogP contribution < -0.4 is 0 Å². The first-order valence-corrected chi connectivity index (χ1v) is 10.4. The molecule has 5 rings (SSSR count). The maximum Gasteiger partial charge on any atom is 0.450 e. The Hall–Kier alpha value is -3.90. The highest BCUT2D eigenvalue weighted by Gasteiger charge is 2.40. The van der Waals surface area contributed by atoms with Crippen LogP contribution in [0.15, 0.2) is 30.7 Å². The summed E-state index contributed by atoms with van der Waals surface area (Å²) in [6, 6.07) is 1.03. The minimum absolute atomic E-state index is 0.0746. The molecule has 1 aromatic carbocycles. The highest BCUT2D eigenvalue weighted by Crippen LogP contribution is 2.37. The molecule has 0 aliphatic carbocycles. The van der Waals surface area contributed by atoms with E-state index in [0.29, 0.717) is 17.0 Å². The van der Waals surface area contributed by atoms with Crippen LogP contribution >= 0.6 is 0 Å². The molecule has 7 nitrogen and oxygen atoms in total. The van der Waals surface area contributed by atoms with E-state index in [9.17, 15) is 31.1 Å². The van der Waals surface area contributed by atoms with Crippen molar-refractivity contribution in [2.45, 2.75) is 25.6 Å². The fourth-order valence-corrected chi connectivity index (χ4v) is 4.51. The lowest BCUT2D eigenvalue weighted by Gasteiger charge is -2.32. The Morgan fingerprint density at radius 1 is 1.14 bits per heavy atom. The van der Waals surface area contributed by atoms with Gasteiger partial charge >= 0.3 is 6.18 Å². The van der Waals surface area contributed by atoms with Gasteiger partial charge in [0.1, 0.15) is 0 Å². The van der Waals surface area contributed by atoms with Gasteiger partial charge in [-0.2, -0.15) is 18.3 Å². The number of alkyl halides is 3. The smallest absolute Gasteiger partial charge is 0.328 e. The largest absolute Gasteiger partial charge is 0.450 e. The Morgan fingerprint density at radius 2 is 1.83 bits per heavy atom. The number of benzene rings is 1. The summed E-state index contributed by atoms with van der Waals surface area (Å²) in [5, 5.41) is 4.39. The molecule has 1 aliphatic heterocycles. The van der Waals surface area contributed by atoms with Crippen LogP contribution in [-0.2, 0) is 19.6 Å². The van der Waals surface area contributed by atoms with E-state index in [1.165, 1.54) is 16.6 Å². The third-order valence-electron chi connectivity index (χ3n) is 6.06. The number of rotatable bonds is 2. The second-order valence-electron chi connectivity index (χ2n) is 8.13. The van der Waals surface area contributed by atoms with Gasteiger partial charge < -0.3 is 4.90 Å². The first-order valence-electron chi connectivity index (χ1n) is 10.4. The summed E-state index contributed by atoms with van der Waals surface area (Å²) in [7, 11) is 1.54. The summed E-state index contributed by atoms with van der Waals surface area (Å²) in [5.74, 6) is -6.28.